The highest BCUT2D eigenvalue weighted by atomic mass is 16.2. The molecule has 2 amide bonds. The van der Waals surface area contributed by atoms with Gasteiger partial charge in [-0.05, 0) is 45.0 Å². The second-order valence-corrected chi connectivity index (χ2v) is 8.12. The number of rotatable bonds is 6. The van der Waals surface area contributed by atoms with E-state index in [2.05, 4.69) is 15.5 Å². The first kappa shape index (κ1) is 21.5. The van der Waals surface area contributed by atoms with Gasteiger partial charge < -0.3 is 10.2 Å². The van der Waals surface area contributed by atoms with E-state index in [0.717, 1.165) is 22.6 Å². The maximum Gasteiger partial charge on any atom is 0.266 e. The standard InChI is InChI=1S/C23H26N6O3/c1-15-4-6-19(7-5-15)27-14-18(13-22(27)31)23(32)24-10-11-28-21(30)9-8-20(26-28)29-17(3)12-16(2)25-29/h4-9,12,18H,10-11,13-14H2,1-3H3,(H,24,32). The molecule has 1 unspecified atom stereocenters. The van der Waals surface area contributed by atoms with Gasteiger partial charge in [-0.3, -0.25) is 14.4 Å². The van der Waals surface area contributed by atoms with Crippen LogP contribution in [0.2, 0.25) is 0 Å². The summed E-state index contributed by atoms with van der Waals surface area (Å²) in [5.41, 5.74) is 3.43. The summed E-state index contributed by atoms with van der Waals surface area (Å²) in [6.45, 7) is 6.60. The molecule has 1 atom stereocenters. The van der Waals surface area contributed by atoms with Gasteiger partial charge in [-0.15, -0.1) is 5.10 Å². The van der Waals surface area contributed by atoms with Crippen LogP contribution in [0.3, 0.4) is 0 Å². The molecule has 1 aromatic carbocycles. The molecule has 166 valence electrons. The van der Waals surface area contributed by atoms with Crippen molar-refractivity contribution in [2.24, 2.45) is 5.92 Å². The topological polar surface area (TPSA) is 102 Å². The summed E-state index contributed by atoms with van der Waals surface area (Å²) >= 11 is 0. The van der Waals surface area contributed by atoms with Crippen molar-refractivity contribution in [1.29, 1.82) is 0 Å². The van der Waals surface area contributed by atoms with Crippen molar-refractivity contribution in [2.45, 2.75) is 33.7 Å². The van der Waals surface area contributed by atoms with Crippen LogP contribution in [0.25, 0.3) is 5.82 Å². The predicted octanol–water partition coefficient (Wildman–Crippen LogP) is 1.52. The van der Waals surface area contributed by atoms with Crippen LogP contribution in [0, 0.1) is 26.7 Å². The third-order valence-corrected chi connectivity index (χ3v) is 5.54. The Morgan fingerprint density at radius 2 is 1.81 bits per heavy atom. The molecule has 1 aliphatic rings. The fourth-order valence-electron chi connectivity index (χ4n) is 3.86. The Bertz CT molecular complexity index is 1210. The number of hydrogen-bond acceptors (Lipinski definition) is 5. The van der Waals surface area contributed by atoms with E-state index in [4.69, 9.17) is 0 Å². The highest BCUT2D eigenvalue weighted by Crippen LogP contribution is 2.25. The highest BCUT2D eigenvalue weighted by molar-refractivity contribution is 6.00. The SMILES string of the molecule is Cc1ccc(N2CC(C(=O)NCCn3nc(-n4nc(C)cc4C)ccc3=O)CC2=O)cc1. The molecule has 3 aromatic rings. The summed E-state index contributed by atoms with van der Waals surface area (Å²) in [5.74, 6) is -0.147. The van der Waals surface area contributed by atoms with E-state index in [0.29, 0.717) is 12.4 Å². The van der Waals surface area contributed by atoms with Crippen LogP contribution in [0.1, 0.15) is 23.4 Å². The second-order valence-electron chi connectivity index (χ2n) is 8.12. The van der Waals surface area contributed by atoms with Gasteiger partial charge >= 0.3 is 0 Å². The molecule has 4 rings (SSSR count). The van der Waals surface area contributed by atoms with Crippen molar-refractivity contribution in [3.63, 3.8) is 0 Å². The smallest absolute Gasteiger partial charge is 0.266 e. The van der Waals surface area contributed by atoms with Crippen molar-refractivity contribution >= 4 is 17.5 Å². The average Bonchev–Trinajstić information content (AvgIpc) is 3.31. The lowest BCUT2D eigenvalue weighted by molar-refractivity contribution is -0.126. The zero-order valence-electron chi connectivity index (χ0n) is 18.4. The number of benzene rings is 1. The number of hydrogen-bond donors (Lipinski definition) is 1. The van der Waals surface area contributed by atoms with Gasteiger partial charge in [-0.1, -0.05) is 17.7 Å². The average molecular weight is 435 g/mol. The molecule has 2 aromatic heterocycles. The Labute approximate surface area is 185 Å². The fraction of sp³-hybridized carbons (Fsp3) is 0.348. The quantitative estimate of drug-likeness (QED) is 0.634. The monoisotopic (exact) mass is 434 g/mol. The van der Waals surface area contributed by atoms with E-state index in [1.165, 1.54) is 10.7 Å². The summed E-state index contributed by atoms with van der Waals surface area (Å²) in [4.78, 5) is 38.9. The number of amides is 2. The van der Waals surface area contributed by atoms with Crippen molar-refractivity contribution in [2.75, 3.05) is 18.0 Å². The number of carbonyl (C=O) groups is 2. The molecule has 1 aliphatic heterocycles. The Morgan fingerprint density at radius 1 is 1.06 bits per heavy atom. The summed E-state index contributed by atoms with van der Waals surface area (Å²) in [6.07, 6.45) is 0.172. The lowest BCUT2D eigenvalue weighted by Gasteiger charge is -2.17. The van der Waals surface area contributed by atoms with Crippen LogP contribution in [0.4, 0.5) is 5.69 Å². The van der Waals surface area contributed by atoms with E-state index in [1.54, 1.807) is 15.6 Å². The first-order valence-electron chi connectivity index (χ1n) is 10.6. The summed E-state index contributed by atoms with van der Waals surface area (Å²) < 4.78 is 2.98. The Hall–Kier alpha value is -3.75. The molecule has 0 saturated carbocycles. The molecule has 3 heterocycles. The predicted molar refractivity (Wildman–Crippen MR) is 120 cm³/mol. The molecule has 9 heteroatoms. The molecule has 1 fully saturated rings. The number of nitrogens with zero attached hydrogens (tertiary/aromatic N) is 5. The minimum atomic E-state index is -0.422. The zero-order chi connectivity index (χ0) is 22.8. The molecule has 0 aliphatic carbocycles. The number of aryl methyl sites for hydroxylation is 3. The molecule has 32 heavy (non-hydrogen) atoms. The van der Waals surface area contributed by atoms with Gasteiger partial charge in [-0.2, -0.15) is 5.10 Å². The lowest BCUT2D eigenvalue weighted by Crippen LogP contribution is -2.36. The van der Waals surface area contributed by atoms with Gasteiger partial charge in [0.2, 0.25) is 11.8 Å². The van der Waals surface area contributed by atoms with Crippen molar-refractivity contribution < 1.29 is 9.59 Å². The largest absolute Gasteiger partial charge is 0.354 e. The van der Waals surface area contributed by atoms with Gasteiger partial charge in [0.25, 0.3) is 5.56 Å². The Morgan fingerprint density at radius 3 is 2.50 bits per heavy atom. The first-order valence-corrected chi connectivity index (χ1v) is 10.6. The fourth-order valence-corrected chi connectivity index (χ4v) is 3.86. The van der Waals surface area contributed by atoms with E-state index in [1.807, 2.05) is 51.1 Å². The lowest BCUT2D eigenvalue weighted by atomic mass is 10.1. The maximum absolute atomic E-state index is 12.6. The second kappa shape index (κ2) is 8.78. The minimum absolute atomic E-state index is 0.0653. The molecule has 9 nitrogen and oxygen atoms in total. The Kier molecular flexibility index (Phi) is 5.89. The molecule has 0 spiro atoms. The number of anilines is 1. The van der Waals surface area contributed by atoms with E-state index >= 15 is 0 Å². The van der Waals surface area contributed by atoms with E-state index in [-0.39, 0.29) is 36.9 Å². The maximum atomic E-state index is 12.6. The van der Waals surface area contributed by atoms with Gasteiger partial charge in [0.05, 0.1) is 18.2 Å². The molecule has 0 radical (unpaired) electrons. The van der Waals surface area contributed by atoms with E-state index < -0.39 is 5.92 Å². The first-order chi connectivity index (χ1) is 15.3. The molecular weight excluding hydrogens is 408 g/mol. The summed E-state index contributed by atoms with van der Waals surface area (Å²) in [6, 6.07) is 12.7. The van der Waals surface area contributed by atoms with E-state index in [9.17, 15) is 14.4 Å². The van der Waals surface area contributed by atoms with Crippen LogP contribution in [-0.4, -0.2) is 44.5 Å². The van der Waals surface area contributed by atoms with Crippen LogP contribution in [0.5, 0.6) is 0 Å². The van der Waals surface area contributed by atoms with Crippen molar-refractivity contribution in [1.82, 2.24) is 24.9 Å². The third kappa shape index (κ3) is 4.46. The number of nitrogens with one attached hydrogen (secondary N) is 1. The minimum Gasteiger partial charge on any atom is -0.354 e. The highest BCUT2D eigenvalue weighted by Gasteiger charge is 2.34. The Balaban J connectivity index is 1.36. The third-order valence-electron chi connectivity index (χ3n) is 5.54. The van der Waals surface area contributed by atoms with Gasteiger partial charge in [0.15, 0.2) is 5.82 Å². The molecule has 1 saturated heterocycles. The van der Waals surface area contributed by atoms with Gasteiger partial charge in [0, 0.05) is 37.0 Å². The zero-order valence-corrected chi connectivity index (χ0v) is 18.4. The van der Waals surface area contributed by atoms with Crippen molar-refractivity contribution in [3.8, 4) is 5.82 Å². The summed E-state index contributed by atoms with van der Waals surface area (Å²) in [5, 5.41) is 11.6. The molecular formula is C23H26N6O3. The van der Waals surface area contributed by atoms with Crippen LogP contribution in [-0.2, 0) is 16.1 Å². The van der Waals surface area contributed by atoms with Gasteiger partial charge in [0.1, 0.15) is 0 Å². The van der Waals surface area contributed by atoms with Crippen LogP contribution < -0.4 is 15.8 Å². The van der Waals surface area contributed by atoms with Crippen molar-refractivity contribution in [3.05, 3.63) is 69.8 Å². The molecule has 1 N–H and O–H groups in total. The molecule has 0 bridgehead atoms. The van der Waals surface area contributed by atoms with Gasteiger partial charge in [-0.25, -0.2) is 9.36 Å². The summed E-state index contributed by atoms with van der Waals surface area (Å²) in [7, 11) is 0. The normalized spacial score (nSPS) is 15.9. The number of aromatic nitrogens is 4. The number of carbonyl (C=O) groups excluding carboxylic acids is 2. The van der Waals surface area contributed by atoms with Crippen LogP contribution >= 0.6 is 0 Å². The van der Waals surface area contributed by atoms with Crippen LogP contribution in [0.15, 0.2) is 47.3 Å².